The summed E-state index contributed by atoms with van der Waals surface area (Å²) in [4.78, 5) is 15.6. The monoisotopic (exact) mass is 242 g/mol. The second-order valence-corrected chi connectivity index (χ2v) is 4.24. The van der Waals surface area contributed by atoms with E-state index in [1.807, 2.05) is 13.8 Å². The van der Waals surface area contributed by atoms with Gasteiger partial charge in [0, 0.05) is 0 Å². The SMILES string of the molecule is CC(C)C(CO)NC(=O)c1cccc(Cl)n1. The topological polar surface area (TPSA) is 62.2 Å². The quantitative estimate of drug-likeness (QED) is 0.787. The summed E-state index contributed by atoms with van der Waals surface area (Å²) < 4.78 is 0. The standard InChI is InChI=1S/C11H15ClN2O2/c1-7(2)9(6-15)14-11(16)8-4-3-5-10(12)13-8/h3-5,7,9,15H,6H2,1-2H3,(H,14,16). The third kappa shape index (κ3) is 3.47. The normalized spacial score (nSPS) is 12.6. The summed E-state index contributed by atoms with van der Waals surface area (Å²) in [7, 11) is 0. The van der Waals surface area contributed by atoms with Crippen molar-refractivity contribution in [3.8, 4) is 0 Å². The summed E-state index contributed by atoms with van der Waals surface area (Å²) in [5.74, 6) is -0.164. The second kappa shape index (κ2) is 5.82. The molecule has 1 unspecified atom stereocenters. The number of aromatic nitrogens is 1. The van der Waals surface area contributed by atoms with Crippen LogP contribution < -0.4 is 5.32 Å². The van der Waals surface area contributed by atoms with Crippen molar-refractivity contribution in [3.63, 3.8) is 0 Å². The number of halogens is 1. The van der Waals surface area contributed by atoms with E-state index in [1.165, 1.54) is 0 Å². The molecule has 0 bridgehead atoms. The average Bonchev–Trinajstić information content (AvgIpc) is 2.25. The first kappa shape index (κ1) is 12.9. The number of hydrogen-bond acceptors (Lipinski definition) is 3. The fourth-order valence-electron chi connectivity index (χ4n) is 1.20. The van der Waals surface area contributed by atoms with Gasteiger partial charge < -0.3 is 10.4 Å². The maximum absolute atomic E-state index is 11.7. The van der Waals surface area contributed by atoms with Crippen LogP contribution in [-0.2, 0) is 0 Å². The Hall–Kier alpha value is -1.13. The highest BCUT2D eigenvalue weighted by Gasteiger charge is 2.16. The fraction of sp³-hybridized carbons (Fsp3) is 0.455. The van der Waals surface area contributed by atoms with Gasteiger partial charge in [-0.05, 0) is 18.1 Å². The van der Waals surface area contributed by atoms with Crippen molar-refractivity contribution in [1.82, 2.24) is 10.3 Å². The van der Waals surface area contributed by atoms with Gasteiger partial charge >= 0.3 is 0 Å². The van der Waals surface area contributed by atoms with Gasteiger partial charge in [0.05, 0.1) is 12.6 Å². The summed E-state index contributed by atoms with van der Waals surface area (Å²) in [6, 6.07) is 4.57. The van der Waals surface area contributed by atoms with Crippen LogP contribution >= 0.6 is 11.6 Å². The van der Waals surface area contributed by atoms with Crippen LogP contribution in [0.1, 0.15) is 24.3 Å². The lowest BCUT2D eigenvalue weighted by atomic mass is 10.1. The summed E-state index contributed by atoms with van der Waals surface area (Å²) >= 11 is 5.68. The molecule has 0 spiro atoms. The molecule has 0 saturated heterocycles. The van der Waals surface area contributed by atoms with Crippen molar-refractivity contribution in [2.75, 3.05) is 6.61 Å². The second-order valence-electron chi connectivity index (χ2n) is 3.85. The van der Waals surface area contributed by atoms with Gasteiger partial charge in [-0.2, -0.15) is 0 Å². The molecule has 2 N–H and O–H groups in total. The smallest absolute Gasteiger partial charge is 0.270 e. The Bertz CT molecular complexity index is 369. The minimum Gasteiger partial charge on any atom is -0.394 e. The van der Waals surface area contributed by atoms with E-state index >= 15 is 0 Å². The highest BCUT2D eigenvalue weighted by molar-refractivity contribution is 6.29. The molecule has 1 heterocycles. The van der Waals surface area contributed by atoms with Gasteiger partial charge in [-0.25, -0.2) is 4.98 Å². The molecule has 0 aliphatic rings. The molecule has 0 aliphatic heterocycles. The van der Waals surface area contributed by atoms with E-state index < -0.39 is 0 Å². The number of amides is 1. The minimum absolute atomic E-state index is 0.0933. The Morgan fingerprint density at radius 2 is 2.25 bits per heavy atom. The Morgan fingerprint density at radius 3 is 2.75 bits per heavy atom. The van der Waals surface area contributed by atoms with Crippen molar-refractivity contribution < 1.29 is 9.90 Å². The van der Waals surface area contributed by atoms with Crippen LogP contribution in [0.3, 0.4) is 0 Å². The van der Waals surface area contributed by atoms with Crippen LogP contribution in [0.2, 0.25) is 5.15 Å². The number of nitrogens with one attached hydrogen (secondary N) is 1. The number of aliphatic hydroxyl groups is 1. The number of hydrogen-bond donors (Lipinski definition) is 2. The Morgan fingerprint density at radius 1 is 1.56 bits per heavy atom. The molecule has 1 aromatic heterocycles. The van der Waals surface area contributed by atoms with E-state index in [4.69, 9.17) is 16.7 Å². The molecular formula is C11H15ClN2O2. The van der Waals surface area contributed by atoms with E-state index in [2.05, 4.69) is 10.3 Å². The third-order valence-electron chi connectivity index (χ3n) is 2.27. The third-order valence-corrected chi connectivity index (χ3v) is 2.48. The zero-order valence-electron chi connectivity index (χ0n) is 9.27. The van der Waals surface area contributed by atoms with Gasteiger partial charge in [0.2, 0.25) is 0 Å². The van der Waals surface area contributed by atoms with Crippen molar-refractivity contribution in [3.05, 3.63) is 29.0 Å². The summed E-state index contributed by atoms with van der Waals surface area (Å²) in [5, 5.41) is 12.1. The van der Waals surface area contributed by atoms with Crippen LogP contribution in [0.4, 0.5) is 0 Å². The number of rotatable bonds is 4. The lowest BCUT2D eigenvalue weighted by Gasteiger charge is -2.19. The van der Waals surface area contributed by atoms with E-state index in [1.54, 1.807) is 18.2 Å². The molecule has 1 aromatic rings. The number of aliphatic hydroxyl groups excluding tert-OH is 1. The number of carbonyl (C=O) groups excluding carboxylic acids is 1. The molecule has 1 amide bonds. The Balaban J connectivity index is 2.72. The van der Waals surface area contributed by atoms with Crippen LogP contribution in [0.5, 0.6) is 0 Å². The molecule has 0 fully saturated rings. The van der Waals surface area contributed by atoms with Gasteiger partial charge in [0.15, 0.2) is 0 Å². The summed E-state index contributed by atoms with van der Waals surface area (Å²) in [6.45, 7) is 3.75. The van der Waals surface area contributed by atoms with Gasteiger partial charge in [-0.3, -0.25) is 4.79 Å². The number of nitrogens with zero attached hydrogens (tertiary/aromatic N) is 1. The molecule has 1 rings (SSSR count). The molecule has 0 radical (unpaired) electrons. The number of carbonyl (C=O) groups is 1. The molecule has 5 heteroatoms. The van der Waals surface area contributed by atoms with Crippen LogP contribution in [0.25, 0.3) is 0 Å². The van der Waals surface area contributed by atoms with Crippen LogP contribution in [-0.4, -0.2) is 28.6 Å². The molecule has 1 atom stereocenters. The molecule has 0 saturated carbocycles. The largest absolute Gasteiger partial charge is 0.394 e. The maximum Gasteiger partial charge on any atom is 0.270 e. The first-order chi connectivity index (χ1) is 7.54. The summed E-state index contributed by atoms with van der Waals surface area (Å²) in [6.07, 6.45) is 0. The van der Waals surface area contributed by atoms with Crippen molar-refractivity contribution in [2.24, 2.45) is 5.92 Å². The zero-order chi connectivity index (χ0) is 12.1. The Labute approximate surface area is 99.6 Å². The molecular weight excluding hydrogens is 228 g/mol. The van der Waals surface area contributed by atoms with Crippen LogP contribution in [0, 0.1) is 5.92 Å². The van der Waals surface area contributed by atoms with E-state index in [0.717, 1.165) is 0 Å². The molecule has 4 nitrogen and oxygen atoms in total. The first-order valence-electron chi connectivity index (χ1n) is 5.09. The van der Waals surface area contributed by atoms with Gasteiger partial charge in [-0.1, -0.05) is 31.5 Å². The maximum atomic E-state index is 11.7. The van der Waals surface area contributed by atoms with Gasteiger partial charge in [0.25, 0.3) is 5.91 Å². The average molecular weight is 243 g/mol. The molecule has 88 valence electrons. The predicted molar refractivity (Wildman–Crippen MR) is 62.4 cm³/mol. The zero-order valence-corrected chi connectivity index (χ0v) is 10.0. The van der Waals surface area contributed by atoms with E-state index in [9.17, 15) is 4.79 Å². The number of pyridine rings is 1. The fourth-order valence-corrected chi connectivity index (χ4v) is 1.36. The summed E-state index contributed by atoms with van der Waals surface area (Å²) in [5.41, 5.74) is 0.256. The van der Waals surface area contributed by atoms with Gasteiger partial charge in [-0.15, -0.1) is 0 Å². The Kier molecular flexibility index (Phi) is 4.71. The van der Waals surface area contributed by atoms with E-state index in [-0.39, 0.29) is 35.3 Å². The van der Waals surface area contributed by atoms with Crippen molar-refractivity contribution in [2.45, 2.75) is 19.9 Å². The van der Waals surface area contributed by atoms with Crippen molar-refractivity contribution >= 4 is 17.5 Å². The highest BCUT2D eigenvalue weighted by Crippen LogP contribution is 2.06. The molecule has 16 heavy (non-hydrogen) atoms. The van der Waals surface area contributed by atoms with E-state index in [0.29, 0.717) is 0 Å². The predicted octanol–water partition coefficient (Wildman–Crippen LogP) is 1.48. The highest BCUT2D eigenvalue weighted by atomic mass is 35.5. The van der Waals surface area contributed by atoms with Crippen molar-refractivity contribution in [1.29, 1.82) is 0 Å². The minimum atomic E-state index is -0.324. The van der Waals surface area contributed by atoms with Gasteiger partial charge in [0.1, 0.15) is 10.8 Å². The molecule has 0 aliphatic carbocycles. The first-order valence-corrected chi connectivity index (χ1v) is 5.46. The molecule has 0 aromatic carbocycles. The van der Waals surface area contributed by atoms with Crippen LogP contribution in [0.15, 0.2) is 18.2 Å². The lowest BCUT2D eigenvalue weighted by molar-refractivity contribution is 0.0892. The lowest BCUT2D eigenvalue weighted by Crippen LogP contribution is -2.41.